The Balaban J connectivity index is 2.18. The molecule has 1 aliphatic rings. The highest BCUT2D eigenvalue weighted by molar-refractivity contribution is 5.91. The van der Waals surface area contributed by atoms with E-state index in [0.717, 1.165) is 18.6 Å². The third kappa shape index (κ3) is 5.78. The minimum Gasteiger partial charge on any atom is -0.447 e. The molecule has 2 unspecified atom stereocenters. The van der Waals surface area contributed by atoms with E-state index in [9.17, 15) is 4.79 Å². The van der Waals surface area contributed by atoms with Crippen LogP contribution in [0.5, 0.6) is 0 Å². The Morgan fingerprint density at radius 1 is 1.53 bits per heavy atom. The van der Waals surface area contributed by atoms with Crippen LogP contribution in [0, 0.1) is 12.3 Å². The Labute approximate surface area is 115 Å². The maximum atomic E-state index is 11.7. The van der Waals surface area contributed by atoms with Gasteiger partial charge in [0.2, 0.25) is 6.10 Å². The van der Waals surface area contributed by atoms with Gasteiger partial charge < -0.3 is 9.57 Å². The SMILES string of the molecule is C#CC(C)OC(=O)C1CC(CCCCCCC)=NO1. The Morgan fingerprint density at radius 3 is 2.95 bits per heavy atom. The molecule has 19 heavy (non-hydrogen) atoms. The summed E-state index contributed by atoms with van der Waals surface area (Å²) in [6.45, 7) is 3.85. The number of carbonyl (C=O) groups is 1. The molecular weight excluding hydrogens is 242 g/mol. The van der Waals surface area contributed by atoms with Gasteiger partial charge in [-0.3, -0.25) is 0 Å². The van der Waals surface area contributed by atoms with Gasteiger partial charge in [0.1, 0.15) is 0 Å². The fourth-order valence-corrected chi connectivity index (χ4v) is 1.92. The molecule has 1 aliphatic heterocycles. The summed E-state index contributed by atoms with van der Waals surface area (Å²) in [7, 11) is 0. The van der Waals surface area contributed by atoms with Crippen LogP contribution in [0.4, 0.5) is 0 Å². The Kier molecular flexibility index (Phi) is 7.02. The average molecular weight is 265 g/mol. The summed E-state index contributed by atoms with van der Waals surface area (Å²) in [5, 5.41) is 3.95. The molecule has 0 fully saturated rings. The van der Waals surface area contributed by atoms with Crippen molar-refractivity contribution in [3.05, 3.63) is 0 Å². The molecule has 0 amide bonds. The molecule has 0 aromatic carbocycles. The minimum absolute atomic E-state index is 0.421. The normalized spacial score (nSPS) is 19.2. The second-order valence-electron chi connectivity index (χ2n) is 4.87. The van der Waals surface area contributed by atoms with Crippen LogP contribution in [-0.4, -0.2) is 23.9 Å². The summed E-state index contributed by atoms with van der Waals surface area (Å²) in [5.74, 6) is 1.93. The highest BCUT2D eigenvalue weighted by Gasteiger charge is 2.29. The molecule has 0 aromatic rings. The summed E-state index contributed by atoms with van der Waals surface area (Å²) in [4.78, 5) is 16.8. The van der Waals surface area contributed by atoms with Crippen molar-refractivity contribution in [1.29, 1.82) is 0 Å². The predicted octanol–water partition coefficient (Wildman–Crippen LogP) is 3.06. The highest BCUT2D eigenvalue weighted by Crippen LogP contribution is 2.17. The van der Waals surface area contributed by atoms with Crippen LogP contribution in [0.1, 0.15) is 58.8 Å². The number of unbranched alkanes of at least 4 members (excludes halogenated alkanes) is 4. The molecule has 0 spiro atoms. The number of oxime groups is 1. The summed E-state index contributed by atoms with van der Waals surface area (Å²) < 4.78 is 5.02. The molecular formula is C15H23NO3. The number of rotatable bonds is 8. The van der Waals surface area contributed by atoms with E-state index < -0.39 is 18.2 Å². The lowest BCUT2D eigenvalue weighted by atomic mass is 10.1. The molecule has 2 atom stereocenters. The maximum Gasteiger partial charge on any atom is 0.351 e. The van der Waals surface area contributed by atoms with E-state index in [1.165, 1.54) is 25.7 Å². The third-order valence-electron chi connectivity index (χ3n) is 3.09. The average Bonchev–Trinajstić information content (AvgIpc) is 2.87. The fourth-order valence-electron chi connectivity index (χ4n) is 1.92. The van der Waals surface area contributed by atoms with E-state index in [1.54, 1.807) is 6.92 Å². The number of ether oxygens (including phenoxy) is 1. The molecule has 0 radical (unpaired) electrons. The minimum atomic E-state index is -0.610. The van der Waals surface area contributed by atoms with E-state index in [0.29, 0.717) is 6.42 Å². The third-order valence-corrected chi connectivity index (χ3v) is 3.09. The molecule has 0 aromatic heterocycles. The van der Waals surface area contributed by atoms with Gasteiger partial charge in [-0.25, -0.2) is 4.79 Å². The van der Waals surface area contributed by atoms with Gasteiger partial charge in [0.15, 0.2) is 6.10 Å². The smallest absolute Gasteiger partial charge is 0.351 e. The zero-order chi connectivity index (χ0) is 14.1. The zero-order valence-electron chi connectivity index (χ0n) is 11.9. The number of esters is 1. The van der Waals surface area contributed by atoms with Gasteiger partial charge in [-0.05, 0) is 19.8 Å². The van der Waals surface area contributed by atoms with Gasteiger partial charge in [0.25, 0.3) is 0 Å². The van der Waals surface area contributed by atoms with Gasteiger partial charge in [0, 0.05) is 6.42 Å². The monoisotopic (exact) mass is 265 g/mol. The Bertz CT molecular complexity index is 357. The molecule has 0 bridgehead atoms. The largest absolute Gasteiger partial charge is 0.447 e. The molecule has 4 nitrogen and oxygen atoms in total. The van der Waals surface area contributed by atoms with Gasteiger partial charge in [-0.15, -0.1) is 6.42 Å². The van der Waals surface area contributed by atoms with Crippen LogP contribution in [0.2, 0.25) is 0 Å². The first kappa shape index (κ1) is 15.6. The van der Waals surface area contributed by atoms with E-state index >= 15 is 0 Å². The van der Waals surface area contributed by atoms with Crippen LogP contribution in [0.25, 0.3) is 0 Å². The maximum absolute atomic E-state index is 11.7. The summed E-state index contributed by atoms with van der Waals surface area (Å²) in [6, 6.07) is 0. The quantitative estimate of drug-likeness (QED) is 0.385. The molecule has 106 valence electrons. The van der Waals surface area contributed by atoms with Crippen LogP contribution < -0.4 is 0 Å². The van der Waals surface area contributed by atoms with Crippen molar-refractivity contribution in [2.75, 3.05) is 0 Å². The standard InChI is InChI=1S/C15H23NO3/c1-4-6-7-8-9-10-13-11-14(19-16-13)15(17)18-12(3)5-2/h2,12,14H,4,6-11H2,1,3H3. The van der Waals surface area contributed by atoms with E-state index in [-0.39, 0.29) is 0 Å². The Hall–Kier alpha value is -1.50. The van der Waals surface area contributed by atoms with Crippen molar-refractivity contribution in [2.45, 2.75) is 71.0 Å². The topological polar surface area (TPSA) is 47.9 Å². The number of hydrogen-bond donors (Lipinski definition) is 0. The van der Waals surface area contributed by atoms with E-state index in [4.69, 9.17) is 16.0 Å². The van der Waals surface area contributed by atoms with Gasteiger partial charge in [-0.1, -0.05) is 43.7 Å². The molecule has 0 N–H and O–H groups in total. The number of hydrogen-bond acceptors (Lipinski definition) is 4. The molecule has 0 saturated heterocycles. The first-order chi connectivity index (χ1) is 9.17. The molecule has 1 heterocycles. The lowest BCUT2D eigenvalue weighted by molar-refractivity contribution is -0.157. The Morgan fingerprint density at radius 2 is 2.26 bits per heavy atom. The summed E-state index contributed by atoms with van der Waals surface area (Å²) in [6.07, 6.45) is 11.5. The lowest BCUT2D eigenvalue weighted by Crippen LogP contribution is -2.26. The first-order valence-electron chi connectivity index (χ1n) is 7.05. The van der Waals surface area contributed by atoms with E-state index in [2.05, 4.69) is 18.0 Å². The first-order valence-corrected chi connectivity index (χ1v) is 7.05. The van der Waals surface area contributed by atoms with Crippen molar-refractivity contribution in [1.82, 2.24) is 0 Å². The van der Waals surface area contributed by atoms with Gasteiger partial charge in [-0.2, -0.15) is 0 Å². The summed E-state index contributed by atoms with van der Waals surface area (Å²) >= 11 is 0. The molecule has 1 rings (SSSR count). The molecule has 4 heteroatoms. The number of carbonyl (C=O) groups excluding carboxylic acids is 1. The van der Waals surface area contributed by atoms with Crippen molar-refractivity contribution in [3.8, 4) is 12.3 Å². The van der Waals surface area contributed by atoms with E-state index in [1.807, 2.05) is 0 Å². The number of terminal acetylenes is 1. The van der Waals surface area contributed by atoms with Crippen molar-refractivity contribution >= 4 is 11.7 Å². The zero-order valence-corrected chi connectivity index (χ0v) is 11.9. The van der Waals surface area contributed by atoms with Crippen LogP contribution >= 0.6 is 0 Å². The van der Waals surface area contributed by atoms with Gasteiger partial charge >= 0.3 is 5.97 Å². The lowest BCUT2D eigenvalue weighted by Gasteiger charge is -2.10. The van der Waals surface area contributed by atoms with Crippen LogP contribution in [-0.2, 0) is 14.4 Å². The van der Waals surface area contributed by atoms with Crippen LogP contribution in [0.15, 0.2) is 5.16 Å². The van der Waals surface area contributed by atoms with Crippen molar-refractivity contribution < 1.29 is 14.4 Å². The predicted molar refractivity (Wildman–Crippen MR) is 74.7 cm³/mol. The summed E-state index contributed by atoms with van der Waals surface area (Å²) in [5.41, 5.74) is 0.951. The second kappa shape index (κ2) is 8.58. The van der Waals surface area contributed by atoms with Crippen molar-refractivity contribution in [2.24, 2.45) is 5.16 Å². The van der Waals surface area contributed by atoms with Crippen LogP contribution in [0.3, 0.4) is 0 Å². The molecule has 0 saturated carbocycles. The van der Waals surface area contributed by atoms with Crippen molar-refractivity contribution in [3.63, 3.8) is 0 Å². The van der Waals surface area contributed by atoms with Gasteiger partial charge in [0.05, 0.1) is 5.71 Å². The second-order valence-corrected chi connectivity index (χ2v) is 4.87. The fraction of sp³-hybridized carbons (Fsp3) is 0.733. The highest BCUT2D eigenvalue weighted by atomic mass is 16.7. The molecule has 0 aliphatic carbocycles. The number of nitrogens with zero attached hydrogens (tertiary/aromatic N) is 1.